The van der Waals surface area contributed by atoms with Gasteiger partial charge in [-0.3, -0.25) is 9.59 Å². The van der Waals surface area contributed by atoms with Crippen LogP contribution in [-0.2, 0) is 28.5 Å². The van der Waals surface area contributed by atoms with Crippen molar-refractivity contribution in [1.82, 2.24) is 10.6 Å². The number of nitrogens with one attached hydrogen (secondary N) is 10. The van der Waals surface area contributed by atoms with Crippen molar-refractivity contribution >= 4 is 151 Å². The molecule has 0 saturated carbocycles. The highest BCUT2D eigenvalue weighted by Crippen LogP contribution is 2.27. The van der Waals surface area contributed by atoms with Crippen molar-refractivity contribution in [3.05, 3.63) is 95.1 Å². The van der Waals surface area contributed by atoms with Crippen molar-refractivity contribution in [2.24, 2.45) is 11.8 Å². The fourth-order valence-corrected chi connectivity index (χ4v) is 8.21. The number of carbonyl (C=O) groups is 6. The lowest BCUT2D eigenvalue weighted by Gasteiger charge is -2.19. The van der Waals surface area contributed by atoms with E-state index in [9.17, 15) is 28.8 Å². The van der Waals surface area contributed by atoms with Crippen molar-refractivity contribution < 1.29 is 47.7 Å². The molecule has 1 heterocycles. The molecular weight excluding hydrogens is 1100 g/mol. The number of thiocarbonyl (C=S) groups is 4. The molecule has 1 aliphatic rings. The Morgan fingerprint density at radius 1 is 0.388 bits per heavy atom. The highest BCUT2D eigenvalue weighted by molar-refractivity contribution is 7.81. The zero-order chi connectivity index (χ0) is 58.5. The average Bonchev–Trinajstić information content (AvgIpc) is 3.37. The number of benzene rings is 4. The number of fused-ring (bicyclic) bond motifs is 8. The van der Waals surface area contributed by atoms with E-state index in [1.165, 1.54) is 38.1 Å². The third-order valence-corrected chi connectivity index (χ3v) is 12.4. The van der Waals surface area contributed by atoms with E-state index in [-0.39, 0.29) is 81.0 Å². The van der Waals surface area contributed by atoms with Gasteiger partial charge < -0.3 is 72.1 Å². The number of ether oxygens (including phenoxy) is 4. The van der Waals surface area contributed by atoms with E-state index >= 15 is 0 Å². The molecule has 4 aromatic carbocycles. The zero-order valence-electron chi connectivity index (χ0n) is 46.0. The minimum atomic E-state index is -0.992. The van der Waals surface area contributed by atoms with Crippen LogP contribution >= 0.6 is 48.9 Å². The Morgan fingerprint density at radius 2 is 0.637 bits per heavy atom. The molecule has 2 unspecified atom stereocenters. The quantitative estimate of drug-likeness (QED) is 0.0171. The van der Waals surface area contributed by atoms with Crippen LogP contribution in [0.1, 0.15) is 135 Å². The second-order valence-electron chi connectivity index (χ2n) is 19.6. The molecule has 0 saturated heterocycles. The van der Waals surface area contributed by atoms with Gasteiger partial charge in [0.15, 0.2) is 20.4 Å². The molecule has 0 fully saturated rings. The van der Waals surface area contributed by atoms with Gasteiger partial charge >= 0.3 is 23.9 Å². The van der Waals surface area contributed by atoms with E-state index in [1.54, 1.807) is 48.5 Å². The lowest BCUT2D eigenvalue weighted by Crippen LogP contribution is -2.39. The highest BCUT2D eigenvalue weighted by atomic mass is 32.1. The molecule has 0 aliphatic carbocycles. The van der Waals surface area contributed by atoms with E-state index in [1.807, 2.05) is 41.5 Å². The Labute approximate surface area is 488 Å². The summed E-state index contributed by atoms with van der Waals surface area (Å²) in [5, 5.41) is 30.3. The molecule has 24 heteroatoms. The molecule has 428 valence electrons. The van der Waals surface area contributed by atoms with Gasteiger partial charge in [0.2, 0.25) is 0 Å². The molecule has 8 bridgehead atoms. The van der Waals surface area contributed by atoms with E-state index in [4.69, 9.17) is 67.8 Å². The van der Waals surface area contributed by atoms with E-state index in [0.29, 0.717) is 71.2 Å². The number of hydrogen-bond donors (Lipinski definition) is 10. The Bertz CT molecular complexity index is 2650. The monoisotopic (exact) mass is 1170 g/mol. The average molecular weight is 1170 g/mol. The molecule has 20 nitrogen and oxygen atoms in total. The summed E-state index contributed by atoms with van der Waals surface area (Å²) >= 11 is 23.2. The SMILES string of the molecule is CCCCOC(=O)C(C)NC(=O)c1cc2cc(c1)NC(=S)Nc1cc(cc(C(=O)OCCC(C)C)c1)NC(=S)Nc1cc(cc(C(=O)NC(C)C(=O)OCCCC)c1)NC(=S)Nc1cc(cc(C(=O)OCCC(C)C)c1)NC(=S)N2. The molecular formula is C56H70N10O10S4. The molecule has 80 heavy (non-hydrogen) atoms. The summed E-state index contributed by atoms with van der Waals surface area (Å²) < 4.78 is 21.9. The van der Waals surface area contributed by atoms with Crippen LogP contribution in [0.2, 0.25) is 0 Å². The summed E-state index contributed by atoms with van der Waals surface area (Å²) in [4.78, 5) is 80.4. The first kappa shape index (κ1) is 63.3. The summed E-state index contributed by atoms with van der Waals surface area (Å²) in [5.74, 6) is -3.11. The normalized spacial score (nSPS) is 13.3. The maximum atomic E-state index is 13.9. The third kappa shape index (κ3) is 21.3. The second kappa shape index (κ2) is 31.3. The minimum absolute atomic E-state index is 0.0298. The van der Waals surface area contributed by atoms with E-state index < -0.39 is 47.8 Å². The van der Waals surface area contributed by atoms with Crippen LogP contribution in [0, 0.1) is 11.8 Å². The van der Waals surface area contributed by atoms with Crippen LogP contribution in [0.15, 0.2) is 72.8 Å². The second-order valence-corrected chi connectivity index (χ2v) is 21.2. The van der Waals surface area contributed by atoms with Crippen molar-refractivity contribution in [1.29, 1.82) is 0 Å². The fraction of sp³-hybridized carbons (Fsp3) is 0.393. The number of esters is 4. The van der Waals surface area contributed by atoms with Crippen LogP contribution in [-0.4, -0.2) is 94.7 Å². The zero-order valence-corrected chi connectivity index (χ0v) is 49.3. The van der Waals surface area contributed by atoms with Crippen LogP contribution in [0.4, 0.5) is 45.5 Å². The number of hydrogen-bond acceptors (Lipinski definition) is 14. The Balaban J connectivity index is 1.59. The number of rotatable bonds is 20. The fourth-order valence-electron chi connectivity index (χ4n) is 7.26. The Morgan fingerprint density at radius 3 is 0.875 bits per heavy atom. The first-order chi connectivity index (χ1) is 38.1. The first-order valence-electron chi connectivity index (χ1n) is 26.3. The maximum absolute atomic E-state index is 13.9. The summed E-state index contributed by atoms with van der Waals surface area (Å²) in [5.41, 5.74) is 3.01. The molecule has 5 rings (SSSR count). The van der Waals surface area contributed by atoms with Gasteiger partial charge in [-0.25, -0.2) is 19.2 Å². The van der Waals surface area contributed by atoms with Crippen LogP contribution in [0.5, 0.6) is 0 Å². The molecule has 2 atom stereocenters. The van der Waals surface area contributed by atoms with Gasteiger partial charge in [0.1, 0.15) is 12.1 Å². The maximum Gasteiger partial charge on any atom is 0.338 e. The smallest absolute Gasteiger partial charge is 0.338 e. The van der Waals surface area contributed by atoms with Gasteiger partial charge in [-0.15, -0.1) is 0 Å². The largest absolute Gasteiger partial charge is 0.464 e. The lowest BCUT2D eigenvalue weighted by atomic mass is 10.1. The molecule has 10 N–H and O–H groups in total. The molecule has 4 aromatic rings. The lowest BCUT2D eigenvalue weighted by molar-refractivity contribution is -0.146. The Hall–Kier alpha value is -7.54. The predicted molar refractivity (Wildman–Crippen MR) is 330 cm³/mol. The molecule has 0 radical (unpaired) electrons. The molecule has 0 spiro atoms. The van der Waals surface area contributed by atoms with Crippen molar-refractivity contribution in [2.45, 2.75) is 106 Å². The number of carbonyl (C=O) groups excluding carboxylic acids is 6. The number of anilines is 8. The van der Waals surface area contributed by atoms with Crippen LogP contribution in [0.25, 0.3) is 0 Å². The topological polar surface area (TPSA) is 260 Å². The highest BCUT2D eigenvalue weighted by Gasteiger charge is 2.23. The molecule has 1 aliphatic heterocycles. The van der Waals surface area contributed by atoms with Crippen molar-refractivity contribution in [2.75, 3.05) is 69.0 Å². The molecule has 0 aromatic heterocycles. The summed E-state index contributed by atoms with van der Waals surface area (Å²) in [7, 11) is 0. The first-order valence-corrected chi connectivity index (χ1v) is 27.9. The van der Waals surface area contributed by atoms with E-state index in [2.05, 4.69) is 53.2 Å². The summed E-state index contributed by atoms with van der Waals surface area (Å²) in [6, 6.07) is 16.8. The van der Waals surface area contributed by atoms with Crippen molar-refractivity contribution in [3.8, 4) is 0 Å². The summed E-state index contributed by atoms with van der Waals surface area (Å²) in [6.07, 6.45) is 4.24. The minimum Gasteiger partial charge on any atom is -0.464 e. The van der Waals surface area contributed by atoms with Crippen LogP contribution in [0.3, 0.4) is 0 Å². The molecule has 2 amide bonds. The van der Waals surface area contributed by atoms with Gasteiger partial charge in [0.25, 0.3) is 11.8 Å². The number of amides is 2. The summed E-state index contributed by atoms with van der Waals surface area (Å²) in [6.45, 7) is 15.8. The predicted octanol–water partition coefficient (Wildman–Crippen LogP) is 10.6. The number of unbranched alkanes of at least 4 members (excludes halogenated alkanes) is 2. The van der Waals surface area contributed by atoms with Gasteiger partial charge in [-0.2, -0.15) is 0 Å². The standard InChI is InChI=1S/C56H70N10O10S4/c1-9-11-15-73-49(69)33(7)57-47(67)35-19-39-27-40(20-35)60-54(78)64-44-24-38(52(72)76-18-14-32(5)6)26-46(30-44)66-56(80)62-42-22-36(48(68)58-34(8)50(70)74-16-12-10-2)21-41(28-42)61-55(79)65-45-25-37(51(71)75-17-13-31(3)4)23-43(29-45)63-53(77)59-39/h19-34H,9-18H2,1-8H3,(H,57,67)(H,58,68)(H2,59,63,77)(H2,60,64,78)(H2,61,65,79)(H2,62,66,80). The van der Waals surface area contributed by atoms with Gasteiger partial charge in [0, 0.05) is 56.6 Å². The van der Waals surface area contributed by atoms with Crippen LogP contribution < -0.4 is 53.2 Å². The third-order valence-electron chi connectivity index (χ3n) is 11.5. The van der Waals surface area contributed by atoms with Gasteiger partial charge in [-0.05, 0) is 173 Å². The van der Waals surface area contributed by atoms with Gasteiger partial charge in [0.05, 0.1) is 37.6 Å². The Kier molecular flexibility index (Phi) is 24.8. The van der Waals surface area contributed by atoms with Crippen molar-refractivity contribution in [3.63, 3.8) is 0 Å². The van der Waals surface area contributed by atoms with Gasteiger partial charge in [-0.1, -0.05) is 54.4 Å². The van der Waals surface area contributed by atoms with E-state index in [0.717, 1.165) is 12.8 Å².